The van der Waals surface area contributed by atoms with Gasteiger partial charge in [-0.1, -0.05) is 36.4 Å². The molecule has 2 aromatic carbocycles. The first-order chi connectivity index (χ1) is 8.79. The van der Waals surface area contributed by atoms with Gasteiger partial charge in [-0.15, -0.1) is 0 Å². The fourth-order valence-electron chi connectivity index (χ4n) is 1.78. The van der Waals surface area contributed by atoms with Crippen LogP contribution in [0.4, 0.5) is 4.39 Å². The molecule has 0 heterocycles. The van der Waals surface area contributed by atoms with Crippen molar-refractivity contribution in [2.45, 2.75) is 18.1 Å². The van der Waals surface area contributed by atoms with E-state index in [1.807, 2.05) is 36.0 Å². The smallest absolute Gasteiger partial charge is 0.123 e. The van der Waals surface area contributed by atoms with Gasteiger partial charge >= 0.3 is 0 Å². The summed E-state index contributed by atoms with van der Waals surface area (Å²) in [5.41, 5.74) is 8.95. The van der Waals surface area contributed by atoms with Gasteiger partial charge < -0.3 is 5.73 Å². The molecule has 0 atom stereocenters. The van der Waals surface area contributed by atoms with Gasteiger partial charge in [-0.2, -0.15) is 11.8 Å². The van der Waals surface area contributed by atoms with Gasteiger partial charge in [0.05, 0.1) is 0 Å². The van der Waals surface area contributed by atoms with E-state index >= 15 is 0 Å². The summed E-state index contributed by atoms with van der Waals surface area (Å²) >= 11 is 1.82. The van der Waals surface area contributed by atoms with Crippen LogP contribution < -0.4 is 5.73 Å². The molecule has 1 nitrogen and oxygen atoms in total. The molecule has 0 unspecified atom stereocenters. The molecule has 3 heteroatoms. The minimum absolute atomic E-state index is 0.216. The fraction of sp³-hybridized carbons (Fsp3) is 0.200. The van der Waals surface area contributed by atoms with Crippen molar-refractivity contribution in [3.05, 3.63) is 71.0 Å². The molecule has 94 valence electrons. The summed E-state index contributed by atoms with van der Waals surface area (Å²) in [6, 6.07) is 15.2. The van der Waals surface area contributed by atoms with E-state index in [0.29, 0.717) is 6.54 Å². The van der Waals surface area contributed by atoms with Gasteiger partial charge in [0.25, 0.3) is 0 Å². The Hall–Kier alpha value is -1.32. The number of thioether (sulfide) groups is 1. The first-order valence-corrected chi connectivity index (χ1v) is 7.04. The molecule has 0 aliphatic rings. The third-order valence-corrected chi connectivity index (χ3v) is 3.81. The molecule has 0 fully saturated rings. The maximum absolute atomic E-state index is 13.1. The molecule has 0 aliphatic carbocycles. The van der Waals surface area contributed by atoms with Crippen LogP contribution >= 0.6 is 11.8 Å². The summed E-state index contributed by atoms with van der Waals surface area (Å²) in [5, 5.41) is 0. The zero-order valence-electron chi connectivity index (χ0n) is 10.1. The Labute approximate surface area is 111 Å². The third kappa shape index (κ3) is 3.59. The van der Waals surface area contributed by atoms with Crippen LogP contribution in [0.1, 0.15) is 16.7 Å². The number of benzene rings is 2. The van der Waals surface area contributed by atoms with Crippen LogP contribution in [0.25, 0.3) is 0 Å². The molecule has 0 aromatic heterocycles. The van der Waals surface area contributed by atoms with Crippen molar-refractivity contribution in [3.8, 4) is 0 Å². The summed E-state index contributed by atoms with van der Waals surface area (Å²) in [6.45, 7) is 0.388. The van der Waals surface area contributed by atoms with Gasteiger partial charge in [0.15, 0.2) is 0 Å². The van der Waals surface area contributed by atoms with Gasteiger partial charge in [0, 0.05) is 18.1 Å². The molecule has 2 aromatic rings. The van der Waals surface area contributed by atoms with E-state index in [2.05, 4.69) is 12.1 Å². The van der Waals surface area contributed by atoms with Crippen LogP contribution in [0.2, 0.25) is 0 Å². The number of halogens is 1. The first kappa shape index (κ1) is 13.1. The second-order valence-corrected chi connectivity index (χ2v) is 5.08. The Kier molecular flexibility index (Phi) is 4.79. The van der Waals surface area contributed by atoms with Crippen LogP contribution in [0.3, 0.4) is 0 Å². The van der Waals surface area contributed by atoms with E-state index < -0.39 is 0 Å². The maximum atomic E-state index is 13.1. The Morgan fingerprint density at radius 3 is 2.44 bits per heavy atom. The molecule has 0 aliphatic heterocycles. The molecule has 0 amide bonds. The van der Waals surface area contributed by atoms with Crippen LogP contribution in [-0.4, -0.2) is 0 Å². The quantitative estimate of drug-likeness (QED) is 0.887. The number of hydrogen-bond donors (Lipinski definition) is 1. The molecular weight excluding hydrogens is 245 g/mol. The van der Waals surface area contributed by atoms with Crippen LogP contribution in [-0.2, 0) is 18.1 Å². The lowest BCUT2D eigenvalue weighted by Crippen LogP contribution is -2.01. The molecule has 0 saturated heterocycles. The summed E-state index contributed by atoms with van der Waals surface area (Å²) in [6.07, 6.45) is 0. The number of nitrogens with two attached hydrogens (primary N) is 1. The van der Waals surface area contributed by atoms with Crippen LogP contribution in [0, 0.1) is 5.82 Å². The molecule has 2 rings (SSSR count). The van der Waals surface area contributed by atoms with Gasteiger partial charge in [-0.05, 0) is 28.8 Å². The lowest BCUT2D eigenvalue weighted by atomic mass is 10.1. The fourth-order valence-corrected chi connectivity index (χ4v) is 2.81. The second kappa shape index (κ2) is 6.57. The van der Waals surface area contributed by atoms with Gasteiger partial charge in [-0.3, -0.25) is 0 Å². The molecule has 0 saturated carbocycles. The average molecular weight is 261 g/mol. The molecule has 18 heavy (non-hydrogen) atoms. The summed E-state index contributed by atoms with van der Waals surface area (Å²) in [7, 11) is 0. The highest BCUT2D eigenvalue weighted by atomic mass is 32.2. The van der Waals surface area contributed by atoms with Crippen molar-refractivity contribution in [1.82, 2.24) is 0 Å². The monoisotopic (exact) mass is 261 g/mol. The Morgan fingerprint density at radius 2 is 1.72 bits per heavy atom. The maximum Gasteiger partial charge on any atom is 0.123 e. The average Bonchev–Trinajstić information content (AvgIpc) is 2.41. The van der Waals surface area contributed by atoms with Crippen LogP contribution in [0.5, 0.6) is 0 Å². The highest BCUT2D eigenvalue weighted by Gasteiger charge is 2.03. The lowest BCUT2D eigenvalue weighted by Gasteiger charge is -2.08. The number of hydrogen-bond acceptors (Lipinski definition) is 2. The largest absolute Gasteiger partial charge is 0.326 e. The topological polar surface area (TPSA) is 26.0 Å². The Morgan fingerprint density at radius 1 is 0.944 bits per heavy atom. The van der Waals surface area contributed by atoms with E-state index in [1.165, 1.54) is 17.7 Å². The van der Waals surface area contributed by atoms with E-state index in [1.54, 1.807) is 0 Å². The summed E-state index contributed by atoms with van der Waals surface area (Å²) in [5.74, 6) is 1.61. The van der Waals surface area contributed by atoms with Crippen molar-refractivity contribution in [3.63, 3.8) is 0 Å². The summed E-state index contributed by atoms with van der Waals surface area (Å²) < 4.78 is 13.1. The van der Waals surface area contributed by atoms with Crippen molar-refractivity contribution < 1.29 is 4.39 Å². The third-order valence-electron chi connectivity index (χ3n) is 2.76. The van der Waals surface area contributed by atoms with E-state index in [4.69, 9.17) is 5.73 Å². The standard InChI is InChI=1S/C15H16FNS/c16-15-7-6-13(14(8-15)9-17)11-18-10-12-4-2-1-3-5-12/h1-8H,9-11,17H2. The van der Waals surface area contributed by atoms with Gasteiger partial charge in [0.2, 0.25) is 0 Å². The SMILES string of the molecule is NCc1cc(F)ccc1CSCc1ccccc1. The Bertz CT molecular complexity index is 499. The van der Waals surface area contributed by atoms with Gasteiger partial charge in [-0.25, -0.2) is 4.39 Å². The highest BCUT2D eigenvalue weighted by molar-refractivity contribution is 7.97. The first-order valence-electron chi connectivity index (χ1n) is 5.88. The lowest BCUT2D eigenvalue weighted by molar-refractivity contribution is 0.624. The highest BCUT2D eigenvalue weighted by Crippen LogP contribution is 2.21. The Balaban J connectivity index is 1.94. The molecule has 0 radical (unpaired) electrons. The zero-order valence-corrected chi connectivity index (χ0v) is 10.9. The number of rotatable bonds is 5. The van der Waals surface area contributed by atoms with E-state index in [0.717, 1.165) is 22.6 Å². The normalized spacial score (nSPS) is 10.6. The van der Waals surface area contributed by atoms with Crippen molar-refractivity contribution in [2.75, 3.05) is 0 Å². The van der Waals surface area contributed by atoms with Gasteiger partial charge in [0.1, 0.15) is 5.82 Å². The predicted molar refractivity (Wildman–Crippen MR) is 75.7 cm³/mol. The minimum atomic E-state index is -0.216. The zero-order chi connectivity index (χ0) is 12.8. The summed E-state index contributed by atoms with van der Waals surface area (Å²) in [4.78, 5) is 0. The second-order valence-electron chi connectivity index (χ2n) is 4.10. The van der Waals surface area contributed by atoms with E-state index in [-0.39, 0.29) is 5.82 Å². The minimum Gasteiger partial charge on any atom is -0.326 e. The van der Waals surface area contributed by atoms with Crippen molar-refractivity contribution >= 4 is 11.8 Å². The predicted octanol–water partition coefficient (Wildman–Crippen LogP) is 3.72. The molecule has 0 spiro atoms. The van der Waals surface area contributed by atoms with Crippen LogP contribution in [0.15, 0.2) is 48.5 Å². The molecule has 2 N–H and O–H groups in total. The van der Waals surface area contributed by atoms with Crippen molar-refractivity contribution in [1.29, 1.82) is 0 Å². The van der Waals surface area contributed by atoms with E-state index in [9.17, 15) is 4.39 Å². The molecule has 0 bridgehead atoms. The molecular formula is C15H16FNS. The van der Waals surface area contributed by atoms with Crippen molar-refractivity contribution in [2.24, 2.45) is 5.73 Å².